The predicted molar refractivity (Wildman–Crippen MR) is 110 cm³/mol. The highest BCUT2D eigenvalue weighted by molar-refractivity contribution is 6.31. The van der Waals surface area contributed by atoms with E-state index < -0.39 is 18.1 Å². The van der Waals surface area contributed by atoms with Gasteiger partial charge in [0.15, 0.2) is 5.82 Å². The molecule has 0 unspecified atom stereocenters. The fourth-order valence-corrected chi connectivity index (χ4v) is 3.52. The van der Waals surface area contributed by atoms with Crippen LogP contribution in [0.5, 0.6) is 0 Å². The Hall–Kier alpha value is -2.95. The molecule has 4 nitrogen and oxygen atoms in total. The molecule has 0 spiro atoms. The lowest BCUT2D eigenvalue weighted by molar-refractivity contribution is 1.06. The van der Waals surface area contributed by atoms with Gasteiger partial charge in [-0.3, -0.25) is 0 Å². The highest BCUT2D eigenvalue weighted by Crippen LogP contribution is 2.34. The van der Waals surface area contributed by atoms with Gasteiger partial charge >= 0.3 is 0 Å². The minimum Gasteiger partial charge on any atom is -0.309 e. The molecule has 0 saturated carbocycles. The molecule has 0 bridgehead atoms. The highest BCUT2D eigenvalue weighted by atomic mass is 35.5. The summed E-state index contributed by atoms with van der Waals surface area (Å²) in [6, 6.07) is 11.1. The molecule has 5 rings (SSSR count). The first-order valence-electron chi connectivity index (χ1n) is 10.5. The molecule has 0 aliphatic carbocycles. The average molecular weight is 396 g/mol. The van der Waals surface area contributed by atoms with Crippen LogP contribution in [0.1, 0.15) is 6.85 Å². The normalized spacial score (nSPS) is 13.9. The van der Waals surface area contributed by atoms with Crippen LogP contribution in [0.4, 0.5) is 0 Å². The summed E-state index contributed by atoms with van der Waals surface area (Å²) in [6.45, 7) is 0. The maximum Gasteiger partial charge on any atom is 0.227 e. The van der Waals surface area contributed by atoms with E-state index in [9.17, 15) is 0 Å². The van der Waals surface area contributed by atoms with E-state index in [1.54, 1.807) is 10.6 Å². The Balaban J connectivity index is 1.92. The smallest absolute Gasteiger partial charge is 0.227 e. The Morgan fingerprint density at radius 2 is 1.48 bits per heavy atom. The summed E-state index contributed by atoms with van der Waals surface area (Å²) in [5.41, 5.74) is 1.96. The molecular formula is C21H12Cl2N4. The molecule has 0 saturated heterocycles. The van der Waals surface area contributed by atoms with Crippen molar-refractivity contribution in [1.29, 1.82) is 0 Å². The second-order valence-corrected chi connectivity index (χ2v) is 6.43. The summed E-state index contributed by atoms with van der Waals surface area (Å²) in [5, 5.41) is 1.60. The van der Waals surface area contributed by atoms with Crippen molar-refractivity contribution < 1.29 is 6.85 Å². The number of rotatable bonds is 2. The first-order chi connectivity index (χ1) is 15.3. The monoisotopic (exact) mass is 395 g/mol. The minimum absolute atomic E-state index is 0.0498. The molecule has 0 fully saturated rings. The number of benzene rings is 3. The van der Waals surface area contributed by atoms with Crippen LogP contribution in [0.25, 0.3) is 38.9 Å². The van der Waals surface area contributed by atoms with Crippen LogP contribution < -0.4 is 0 Å². The molecule has 3 aromatic carbocycles. The van der Waals surface area contributed by atoms with Crippen LogP contribution in [0, 0.1) is 0 Å². The molecule has 0 aliphatic rings. The number of hydrogen-bond donors (Lipinski definition) is 0. The third-order valence-corrected chi connectivity index (χ3v) is 4.56. The predicted octanol–water partition coefficient (Wildman–Crippen LogP) is 5.94. The Kier molecular flexibility index (Phi) is 2.75. The summed E-state index contributed by atoms with van der Waals surface area (Å²) < 4.78 is 42.7. The lowest BCUT2D eigenvalue weighted by Gasteiger charge is -2.08. The standard InChI is InChI=1S/C21H12Cl2N4/c22-20-24-19(25-21(23)26-20)13-10-11-16-15-8-4-5-9-17(15)27(18(16)12-13)14-6-2-1-3-7-14/h1-12H/i1D,2D,3D,6D,7D. The number of fused-ring (bicyclic) bond motifs is 3. The molecule has 0 aliphatic heterocycles. The average Bonchev–Trinajstić information content (AvgIpc) is 3.10. The molecule has 130 valence electrons. The molecule has 0 atom stereocenters. The van der Waals surface area contributed by atoms with E-state index in [0.717, 1.165) is 10.8 Å². The Morgan fingerprint density at radius 1 is 0.778 bits per heavy atom. The third kappa shape index (κ3) is 2.74. The third-order valence-electron chi connectivity index (χ3n) is 4.22. The number of aromatic nitrogens is 4. The van der Waals surface area contributed by atoms with Crippen LogP contribution in [-0.4, -0.2) is 19.5 Å². The van der Waals surface area contributed by atoms with Crippen LogP contribution in [0.3, 0.4) is 0 Å². The van der Waals surface area contributed by atoms with E-state index in [1.165, 1.54) is 0 Å². The second kappa shape index (κ2) is 6.34. The minimum atomic E-state index is -0.445. The first kappa shape index (κ1) is 11.7. The van der Waals surface area contributed by atoms with Crippen LogP contribution in [-0.2, 0) is 0 Å². The van der Waals surface area contributed by atoms with Gasteiger partial charge in [0.2, 0.25) is 10.6 Å². The van der Waals surface area contributed by atoms with Crippen molar-refractivity contribution >= 4 is 45.0 Å². The number of nitrogens with zero attached hydrogens (tertiary/aromatic N) is 4. The van der Waals surface area contributed by atoms with E-state index in [-0.39, 0.29) is 34.2 Å². The number of halogens is 2. The summed E-state index contributed by atoms with van der Waals surface area (Å²) >= 11 is 11.9. The largest absolute Gasteiger partial charge is 0.309 e. The van der Waals surface area contributed by atoms with E-state index in [2.05, 4.69) is 15.0 Å². The quantitative estimate of drug-likeness (QED) is 0.371. The molecular weight excluding hydrogens is 379 g/mol. The van der Waals surface area contributed by atoms with E-state index >= 15 is 0 Å². The zero-order valence-corrected chi connectivity index (χ0v) is 15.1. The zero-order chi connectivity index (χ0) is 22.7. The first-order valence-corrected chi connectivity index (χ1v) is 8.71. The zero-order valence-electron chi connectivity index (χ0n) is 18.6. The highest BCUT2D eigenvalue weighted by Gasteiger charge is 2.14. The maximum atomic E-state index is 8.47. The van der Waals surface area contributed by atoms with Gasteiger partial charge in [-0.2, -0.15) is 15.0 Å². The summed E-state index contributed by atoms with van der Waals surface area (Å²) in [4.78, 5) is 12.0. The van der Waals surface area contributed by atoms with Crippen LogP contribution in [0.15, 0.2) is 72.7 Å². The number of hydrogen-bond acceptors (Lipinski definition) is 3. The summed E-state index contributed by atoms with van der Waals surface area (Å²) in [7, 11) is 0. The fraction of sp³-hybridized carbons (Fsp3) is 0. The van der Waals surface area contributed by atoms with Crippen molar-refractivity contribution in [3.63, 3.8) is 0 Å². The lowest BCUT2D eigenvalue weighted by atomic mass is 10.1. The van der Waals surface area contributed by atoms with E-state index in [1.807, 2.05) is 36.4 Å². The lowest BCUT2D eigenvalue weighted by Crippen LogP contribution is -1.95. The van der Waals surface area contributed by atoms with Gasteiger partial charge in [0.25, 0.3) is 0 Å². The maximum absolute atomic E-state index is 8.47. The summed E-state index contributed by atoms with van der Waals surface area (Å²) in [6.07, 6.45) is 0. The topological polar surface area (TPSA) is 43.6 Å². The van der Waals surface area contributed by atoms with Crippen molar-refractivity contribution in [2.24, 2.45) is 0 Å². The van der Waals surface area contributed by atoms with Crippen molar-refractivity contribution in [2.45, 2.75) is 0 Å². The SMILES string of the molecule is [2H]c1c([2H])c([2H])c(-n2c3ccccc3c3ccc(-c4nc(Cl)nc(Cl)n4)cc32)c([2H])c1[2H]. The van der Waals surface area contributed by atoms with Crippen molar-refractivity contribution in [1.82, 2.24) is 19.5 Å². The van der Waals surface area contributed by atoms with Crippen molar-refractivity contribution in [3.05, 3.63) is 83.2 Å². The van der Waals surface area contributed by atoms with E-state index in [0.29, 0.717) is 16.6 Å². The van der Waals surface area contributed by atoms with Crippen molar-refractivity contribution in [2.75, 3.05) is 0 Å². The van der Waals surface area contributed by atoms with Gasteiger partial charge in [0, 0.05) is 22.0 Å². The number of para-hydroxylation sites is 2. The van der Waals surface area contributed by atoms with Crippen LogP contribution >= 0.6 is 23.2 Å². The van der Waals surface area contributed by atoms with Crippen molar-refractivity contribution in [3.8, 4) is 17.1 Å². The van der Waals surface area contributed by atoms with Gasteiger partial charge in [-0.15, -0.1) is 0 Å². The molecule has 2 heterocycles. The van der Waals surface area contributed by atoms with Gasteiger partial charge in [-0.1, -0.05) is 48.5 Å². The van der Waals surface area contributed by atoms with Gasteiger partial charge in [0.1, 0.15) is 0 Å². The Labute approximate surface area is 172 Å². The molecule has 6 heteroatoms. The summed E-state index contributed by atoms with van der Waals surface area (Å²) in [5.74, 6) is 0.259. The van der Waals surface area contributed by atoms with Crippen LogP contribution in [0.2, 0.25) is 10.6 Å². The van der Waals surface area contributed by atoms with Gasteiger partial charge < -0.3 is 4.57 Å². The molecule has 0 amide bonds. The Bertz CT molecular complexity index is 1520. The molecule has 5 aromatic rings. The molecule has 27 heavy (non-hydrogen) atoms. The molecule has 0 radical (unpaired) electrons. The van der Waals surface area contributed by atoms with Gasteiger partial charge in [0.05, 0.1) is 17.9 Å². The molecule has 0 N–H and O–H groups in total. The van der Waals surface area contributed by atoms with Gasteiger partial charge in [-0.05, 0) is 47.4 Å². The molecule has 2 aromatic heterocycles. The second-order valence-electron chi connectivity index (χ2n) is 5.76. The Morgan fingerprint density at radius 3 is 2.26 bits per heavy atom. The van der Waals surface area contributed by atoms with E-state index in [4.69, 9.17) is 30.1 Å². The fourth-order valence-electron chi connectivity index (χ4n) is 3.16. The van der Waals surface area contributed by atoms with Gasteiger partial charge in [-0.25, -0.2) is 0 Å².